The van der Waals surface area contributed by atoms with E-state index in [1.807, 2.05) is 18.3 Å². The van der Waals surface area contributed by atoms with E-state index in [1.165, 1.54) is 4.90 Å². The molecule has 23 heavy (non-hydrogen) atoms. The number of fused-ring (bicyclic) bond motifs is 1. The molecular weight excluding hydrogens is 296 g/mol. The van der Waals surface area contributed by atoms with Gasteiger partial charge in [-0.3, -0.25) is 19.5 Å². The van der Waals surface area contributed by atoms with Gasteiger partial charge in [0.05, 0.1) is 12.1 Å². The second kappa shape index (κ2) is 6.64. The number of ether oxygens (including phenoxy) is 1. The van der Waals surface area contributed by atoms with Gasteiger partial charge in [-0.05, 0) is 11.6 Å². The normalized spacial score (nSPS) is 24.6. The van der Waals surface area contributed by atoms with Crippen molar-refractivity contribution < 1.29 is 14.3 Å². The molecule has 0 bridgehead atoms. The lowest BCUT2D eigenvalue weighted by atomic mass is 10.1. The van der Waals surface area contributed by atoms with Gasteiger partial charge < -0.3 is 14.5 Å². The lowest BCUT2D eigenvalue weighted by Crippen LogP contribution is -2.56. The van der Waals surface area contributed by atoms with Crippen LogP contribution in [0, 0.1) is 0 Å². The van der Waals surface area contributed by atoms with Crippen LogP contribution in [0.5, 0.6) is 0 Å². The summed E-state index contributed by atoms with van der Waals surface area (Å²) in [6.07, 6.45) is 3.57. The molecule has 0 aliphatic carbocycles. The monoisotopic (exact) mass is 318 g/mol. The number of rotatable bonds is 4. The molecule has 2 saturated heterocycles. The third-order valence-corrected chi connectivity index (χ3v) is 4.39. The van der Waals surface area contributed by atoms with Crippen molar-refractivity contribution in [2.75, 3.05) is 40.3 Å². The Hall–Kier alpha value is -1.99. The summed E-state index contributed by atoms with van der Waals surface area (Å²) < 4.78 is 5.68. The topological polar surface area (TPSA) is 66.0 Å². The van der Waals surface area contributed by atoms with E-state index in [-0.39, 0.29) is 37.1 Å². The van der Waals surface area contributed by atoms with Gasteiger partial charge in [-0.2, -0.15) is 0 Å². The molecule has 2 aliphatic rings. The first-order valence-corrected chi connectivity index (χ1v) is 7.77. The molecule has 3 heterocycles. The van der Waals surface area contributed by atoms with Gasteiger partial charge in [-0.15, -0.1) is 0 Å². The number of carbonyl (C=O) groups excluding carboxylic acids is 2. The SMILES string of the molecule is CN(C)C(=O)CN1C(=O)CO[C@@H]2CN(Cc3cccnc3)C[C@H]21. The number of likely N-dealkylation sites (N-methyl/N-ethyl adjacent to an activating group) is 1. The first-order chi connectivity index (χ1) is 11.0. The van der Waals surface area contributed by atoms with Gasteiger partial charge in [-0.1, -0.05) is 6.07 Å². The van der Waals surface area contributed by atoms with Gasteiger partial charge in [0.1, 0.15) is 13.2 Å². The molecule has 3 rings (SSSR count). The predicted molar refractivity (Wildman–Crippen MR) is 83.4 cm³/mol. The van der Waals surface area contributed by atoms with Crippen molar-refractivity contribution in [2.24, 2.45) is 0 Å². The van der Waals surface area contributed by atoms with Crippen LogP contribution >= 0.6 is 0 Å². The summed E-state index contributed by atoms with van der Waals surface area (Å²) in [5, 5.41) is 0. The molecule has 0 saturated carbocycles. The summed E-state index contributed by atoms with van der Waals surface area (Å²) in [7, 11) is 3.40. The van der Waals surface area contributed by atoms with Crippen molar-refractivity contribution in [3.8, 4) is 0 Å². The van der Waals surface area contributed by atoms with Gasteiger partial charge in [0.25, 0.3) is 0 Å². The Labute approximate surface area is 135 Å². The Morgan fingerprint density at radius 2 is 2.26 bits per heavy atom. The molecular formula is C16H22N4O3. The number of hydrogen-bond acceptors (Lipinski definition) is 5. The van der Waals surface area contributed by atoms with E-state index < -0.39 is 0 Å². The molecule has 2 amide bonds. The molecule has 0 aromatic carbocycles. The molecule has 2 atom stereocenters. The summed E-state index contributed by atoms with van der Waals surface area (Å²) in [5.41, 5.74) is 1.13. The quantitative estimate of drug-likeness (QED) is 0.754. The molecule has 0 unspecified atom stereocenters. The van der Waals surface area contributed by atoms with E-state index in [9.17, 15) is 9.59 Å². The van der Waals surface area contributed by atoms with Crippen LogP contribution in [0.4, 0.5) is 0 Å². The maximum absolute atomic E-state index is 12.2. The van der Waals surface area contributed by atoms with Crippen LogP contribution in [-0.2, 0) is 20.9 Å². The number of morpholine rings is 1. The summed E-state index contributed by atoms with van der Waals surface area (Å²) in [5.74, 6) is -0.172. The highest BCUT2D eigenvalue weighted by Gasteiger charge is 2.43. The molecule has 0 radical (unpaired) electrons. The highest BCUT2D eigenvalue weighted by Crippen LogP contribution is 2.24. The molecule has 124 valence electrons. The Kier molecular flexibility index (Phi) is 4.58. The molecule has 0 N–H and O–H groups in total. The van der Waals surface area contributed by atoms with Gasteiger partial charge >= 0.3 is 0 Å². The minimum Gasteiger partial charge on any atom is -0.365 e. The van der Waals surface area contributed by atoms with E-state index >= 15 is 0 Å². The maximum atomic E-state index is 12.2. The lowest BCUT2D eigenvalue weighted by Gasteiger charge is -2.36. The van der Waals surface area contributed by atoms with E-state index in [0.717, 1.165) is 18.7 Å². The molecule has 1 aromatic heterocycles. The van der Waals surface area contributed by atoms with Crippen LogP contribution in [-0.4, -0.2) is 84.0 Å². The number of hydrogen-bond donors (Lipinski definition) is 0. The number of likely N-dealkylation sites (tertiary alicyclic amines) is 1. The van der Waals surface area contributed by atoms with Crippen LogP contribution in [0.3, 0.4) is 0 Å². The fourth-order valence-electron chi connectivity index (χ4n) is 3.11. The van der Waals surface area contributed by atoms with Crippen molar-refractivity contribution in [3.63, 3.8) is 0 Å². The highest BCUT2D eigenvalue weighted by atomic mass is 16.5. The number of aromatic nitrogens is 1. The first-order valence-electron chi connectivity index (χ1n) is 7.77. The Morgan fingerprint density at radius 3 is 2.96 bits per heavy atom. The molecule has 7 nitrogen and oxygen atoms in total. The van der Waals surface area contributed by atoms with Gasteiger partial charge in [0.15, 0.2) is 0 Å². The molecule has 0 spiro atoms. The van der Waals surface area contributed by atoms with Crippen molar-refractivity contribution in [3.05, 3.63) is 30.1 Å². The molecule has 1 aromatic rings. The van der Waals surface area contributed by atoms with Gasteiger partial charge in [0, 0.05) is 46.1 Å². The fourth-order valence-corrected chi connectivity index (χ4v) is 3.11. The van der Waals surface area contributed by atoms with Crippen LogP contribution in [0.15, 0.2) is 24.5 Å². The summed E-state index contributed by atoms with van der Waals surface area (Å²) in [6.45, 7) is 2.43. The number of nitrogens with zero attached hydrogens (tertiary/aromatic N) is 4. The van der Waals surface area contributed by atoms with Crippen LogP contribution in [0.25, 0.3) is 0 Å². The van der Waals surface area contributed by atoms with E-state index in [0.29, 0.717) is 6.54 Å². The standard InChI is InChI=1S/C16H22N4O3/c1-18(2)15(21)10-20-13-8-19(7-12-4-3-5-17-6-12)9-14(13)23-11-16(20)22/h3-6,13-14H,7-11H2,1-2H3/t13-,14-/m1/s1. The first kappa shape index (κ1) is 15.9. The third-order valence-electron chi connectivity index (χ3n) is 4.39. The van der Waals surface area contributed by atoms with Crippen LogP contribution in [0.2, 0.25) is 0 Å². The number of pyridine rings is 1. The van der Waals surface area contributed by atoms with Crippen molar-refractivity contribution in [1.29, 1.82) is 0 Å². The lowest BCUT2D eigenvalue weighted by molar-refractivity contribution is -0.156. The fraction of sp³-hybridized carbons (Fsp3) is 0.562. The minimum atomic E-state index is -0.107. The van der Waals surface area contributed by atoms with E-state index in [1.54, 1.807) is 25.2 Å². The Bertz CT molecular complexity index is 578. The Balaban J connectivity index is 1.67. The average molecular weight is 318 g/mol. The zero-order valence-electron chi connectivity index (χ0n) is 13.5. The zero-order chi connectivity index (χ0) is 16.4. The molecule has 2 fully saturated rings. The summed E-state index contributed by atoms with van der Waals surface area (Å²) in [6, 6.07) is 3.89. The summed E-state index contributed by atoms with van der Waals surface area (Å²) >= 11 is 0. The van der Waals surface area contributed by atoms with Crippen LogP contribution < -0.4 is 0 Å². The van der Waals surface area contributed by atoms with Gasteiger partial charge in [0.2, 0.25) is 11.8 Å². The minimum absolute atomic E-state index is 0.0284. The number of amides is 2. The average Bonchev–Trinajstić information content (AvgIpc) is 2.93. The second-order valence-electron chi connectivity index (χ2n) is 6.28. The van der Waals surface area contributed by atoms with E-state index in [4.69, 9.17) is 4.74 Å². The third kappa shape index (κ3) is 3.51. The van der Waals surface area contributed by atoms with Crippen molar-refractivity contribution >= 4 is 11.8 Å². The maximum Gasteiger partial charge on any atom is 0.249 e. The van der Waals surface area contributed by atoms with Crippen molar-refractivity contribution in [1.82, 2.24) is 19.7 Å². The second-order valence-corrected chi connectivity index (χ2v) is 6.28. The summed E-state index contributed by atoms with van der Waals surface area (Å²) in [4.78, 5) is 33.7. The highest BCUT2D eigenvalue weighted by molar-refractivity contribution is 5.86. The predicted octanol–water partition coefficient (Wildman–Crippen LogP) is -0.419. The molecule has 2 aliphatic heterocycles. The zero-order valence-corrected chi connectivity index (χ0v) is 13.5. The largest absolute Gasteiger partial charge is 0.365 e. The van der Waals surface area contributed by atoms with Crippen LogP contribution in [0.1, 0.15) is 5.56 Å². The smallest absolute Gasteiger partial charge is 0.249 e. The van der Waals surface area contributed by atoms with Crippen molar-refractivity contribution in [2.45, 2.75) is 18.7 Å². The Morgan fingerprint density at radius 1 is 1.43 bits per heavy atom. The number of carbonyl (C=O) groups is 2. The van der Waals surface area contributed by atoms with E-state index in [2.05, 4.69) is 9.88 Å². The molecule has 7 heteroatoms. The van der Waals surface area contributed by atoms with Gasteiger partial charge in [-0.25, -0.2) is 0 Å².